The van der Waals surface area contributed by atoms with Crippen LogP contribution in [-0.2, 0) is 11.3 Å². The molecule has 0 bridgehead atoms. The molecule has 2 rings (SSSR count). The topological polar surface area (TPSA) is 54.0 Å². The van der Waals surface area contributed by atoms with Gasteiger partial charge in [0, 0.05) is 51.8 Å². The lowest BCUT2D eigenvalue weighted by molar-refractivity contribution is -0.132. The van der Waals surface area contributed by atoms with Gasteiger partial charge >= 0.3 is 0 Å². The SMILES string of the molecule is COc1cc(CN(C)CCC(=O)N2CCNCC2)cc(OC)c1. The minimum Gasteiger partial charge on any atom is -0.497 e. The van der Waals surface area contributed by atoms with E-state index in [1.807, 2.05) is 30.1 Å². The maximum Gasteiger partial charge on any atom is 0.223 e. The fraction of sp³-hybridized carbons (Fsp3) is 0.588. The standard InChI is InChI=1S/C17H27N3O3/c1-19(7-4-17(21)20-8-5-18-6-9-20)13-14-10-15(22-2)12-16(11-14)23-3/h10-12,18H,4-9,13H2,1-3H3. The summed E-state index contributed by atoms with van der Waals surface area (Å²) < 4.78 is 10.6. The molecule has 0 aliphatic carbocycles. The second kappa shape index (κ2) is 8.74. The summed E-state index contributed by atoms with van der Waals surface area (Å²) in [6.07, 6.45) is 0.553. The molecule has 1 aromatic rings. The van der Waals surface area contributed by atoms with E-state index in [9.17, 15) is 4.79 Å². The second-order valence-corrected chi connectivity index (χ2v) is 5.84. The number of carbonyl (C=O) groups is 1. The first-order valence-corrected chi connectivity index (χ1v) is 8.01. The lowest BCUT2D eigenvalue weighted by Crippen LogP contribution is -2.47. The monoisotopic (exact) mass is 321 g/mol. The van der Waals surface area contributed by atoms with Crippen molar-refractivity contribution in [1.29, 1.82) is 0 Å². The minimum atomic E-state index is 0.238. The molecule has 1 amide bonds. The van der Waals surface area contributed by atoms with E-state index in [-0.39, 0.29) is 5.91 Å². The quantitative estimate of drug-likeness (QED) is 0.811. The fourth-order valence-electron chi connectivity index (χ4n) is 2.71. The Morgan fingerprint density at radius 1 is 1.17 bits per heavy atom. The summed E-state index contributed by atoms with van der Waals surface area (Å²) >= 11 is 0. The Kier molecular flexibility index (Phi) is 6.67. The average molecular weight is 321 g/mol. The molecule has 1 aliphatic heterocycles. The molecule has 1 aliphatic rings. The second-order valence-electron chi connectivity index (χ2n) is 5.84. The number of amides is 1. The third-order valence-corrected chi connectivity index (χ3v) is 4.04. The average Bonchev–Trinajstić information content (AvgIpc) is 2.60. The Labute approximate surface area is 138 Å². The van der Waals surface area contributed by atoms with Crippen molar-refractivity contribution in [2.75, 3.05) is 54.0 Å². The Morgan fingerprint density at radius 2 is 1.78 bits per heavy atom. The number of benzene rings is 1. The van der Waals surface area contributed by atoms with E-state index in [1.165, 1.54) is 0 Å². The number of carbonyl (C=O) groups excluding carboxylic acids is 1. The van der Waals surface area contributed by atoms with E-state index >= 15 is 0 Å². The molecule has 6 nitrogen and oxygen atoms in total. The van der Waals surface area contributed by atoms with Crippen LogP contribution in [0.15, 0.2) is 18.2 Å². The number of hydrogen-bond acceptors (Lipinski definition) is 5. The Morgan fingerprint density at radius 3 is 2.35 bits per heavy atom. The molecule has 6 heteroatoms. The number of methoxy groups -OCH3 is 2. The Bertz CT molecular complexity index is 494. The number of ether oxygens (including phenoxy) is 2. The normalized spacial score (nSPS) is 14.9. The molecule has 0 spiro atoms. The van der Waals surface area contributed by atoms with Crippen LogP contribution in [0.1, 0.15) is 12.0 Å². The predicted molar refractivity (Wildman–Crippen MR) is 89.9 cm³/mol. The van der Waals surface area contributed by atoms with Crippen molar-refractivity contribution >= 4 is 5.91 Å². The van der Waals surface area contributed by atoms with Gasteiger partial charge in [0.2, 0.25) is 5.91 Å². The number of hydrogen-bond donors (Lipinski definition) is 1. The highest BCUT2D eigenvalue weighted by molar-refractivity contribution is 5.76. The van der Waals surface area contributed by atoms with E-state index in [0.29, 0.717) is 6.42 Å². The predicted octanol–water partition coefficient (Wildman–Crippen LogP) is 0.958. The number of nitrogens with zero attached hydrogens (tertiary/aromatic N) is 2. The van der Waals surface area contributed by atoms with Gasteiger partial charge in [-0.1, -0.05) is 0 Å². The number of rotatable bonds is 7. The van der Waals surface area contributed by atoms with E-state index in [2.05, 4.69) is 10.2 Å². The first-order chi connectivity index (χ1) is 11.1. The van der Waals surface area contributed by atoms with Gasteiger partial charge in [0.05, 0.1) is 14.2 Å². The van der Waals surface area contributed by atoms with Crippen LogP contribution in [0.3, 0.4) is 0 Å². The van der Waals surface area contributed by atoms with Crippen molar-refractivity contribution in [1.82, 2.24) is 15.1 Å². The smallest absolute Gasteiger partial charge is 0.223 e. The van der Waals surface area contributed by atoms with Crippen molar-refractivity contribution in [2.24, 2.45) is 0 Å². The van der Waals surface area contributed by atoms with Crippen LogP contribution in [0.2, 0.25) is 0 Å². The first kappa shape index (κ1) is 17.6. The lowest BCUT2D eigenvalue weighted by atomic mass is 10.2. The summed E-state index contributed by atoms with van der Waals surface area (Å²) in [7, 11) is 5.32. The van der Waals surface area contributed by atoms with Gasteiger partial charge in [-0.2, -0.15) is 0 Å². The maximum absolute atomic E-state index is 12.2. The van der Waals surface area contributed by atoms with E-state index in [0.717, 1.165) is 56.3 Å². The molecule has 0 radical (unpaired) electrons. The molecule has 128 valence electrons. The number of nitrogens with one attached hydrogen (secondary N) is 1. The Balaban J connectivity index is 1.84. The molecule has 0 unspecified atom stereocenters. The van der Waals surface area contributed by atoms with E-state index in [1.54, 1.807) is 14.2 Å². The number of piperazine rings is 1. The fourth-order valence-corrected chi connectivity index (χ4v) is 2.71. The van der Waals surface area contributed by atoms with Crippen molar-refractivity contribution in [2.45, 2.75) is 13.0 Å². The van der Waals surface area contributed by atoms with Gasteiger partial charge in [0.25, 0.3) is 0 Å². The van der Waals surface area contributed by atoms with Gasteiger partial charge in [0.1, 0.15) is 11.5 Å². The molecule has 1 saturated heterocycles. The van der Waals surface area contributed by atoms with Crippen LogP contribution in [0.25, 0.3) is 0 Å². The zero-order valence-corrected chi connectivity index (χ0v) is 14.3. The molecule has 1 heterocycles. The molecular formula is C17H27N3O3. The van der Waals surface area contributed by atoms with Crippen LogP contribution in [0, 0.1) is 0 Å². The molecule has 0 atom stereocenters. The van der Waals surface area contributed by atoms with Crippen LogP contribution in [0.5, 0.6) is 11.5 Å². The third kappa shape index (κ3) is 5.41. The highest BCUT2D eigenvalue weighted by Gasteiger charge is 2.16. The van der Waals surface area contributed by atoms with E-state index in [4.69, 9.17) is 9.47 Å². The molecule has 0 aromatic heterocycles. The molecular weight excluding hydrogens is 294 g/mol. The maximum atomic E-state index is 12.2. The van der Waals surface area contributed by atoms with Gasteiger partial charge in [-0.15, -0.1) is 0 Å². The van der Waals surface area contributed by atoms with Gasteiger partial charge in [-0.3, -0.25) is 4.79 Å². The summed E-state index contributed by atoms with van der Waals surface area (Å²) in [6, 6.07) is 5.85. The molecule has 1 N–H and O–H groups in total. The van der Waals surface area contributed by atoms with Gasteiger partial charge in [-0.25, -0.2) is 0 Å². The molecule has 1 fully saturated rings. The van der Waals surface area contributed by atoms with Crippen LogP contribution < -0.4 is 14.8 Å². The van der Waals surface area contributed by atoms with Crippen LogP contribution in [-0.4, -0.2) is 69.7 Å². The van der Waals surface area contributed by atoms with Crippen LogP contribution >= 0.6 is 0 Å². The van der Waals surface area contributed by atoms with Gasteiger partial charge in [0.15, 0.2) is 0 Å². The third-order valence-electron chi connectivity index (χ3n) is 4.04. The first-order valence-electron chi connectivity index (χ1n) is 8.01. The summed E-state index contributed by atoms with van der Waals surface area (Å²) in [4.78, 5) is 16.3. The molecule has 23 heavy (non-hydrogen) atoms. The lowest BCUT2D eigenvalue weighted by Gasteiger charge is -2.28. The van der Waals surface area contributed by atoms with E-state index < -0.39 is 0 Å². The molecule has 0 saturated carbocycles. The Hall–Kier alpha value is -1.79. The highest BCUT2D eigenvalue weighted by Crippen LogP contribution is 2.23. The highest BCUT2D eigenvalue weighted by atomic mass is 16.5. The summed E-state index contributed by atoms with van der Waals surface area (Å²) in [5.41, 5.74) is 1.11. The summed E-state index contributed by atoms with van der Waals surface area (Å²) in [5, 5.41) is 3.26. The van der Waals surface area contributed by atoms with Crippen molar-refractivity contribution in [3.8, 4) is 11.5 Å². The van der Waals surface area contributed by atoms with Crippen LogP contribution in [0.4, 0.5) is 0 Å². The van der Waals surface area contributed by atoms with Gasteiger partial charge < -0.3 is 24.6 Å². The van der Waals surface area contributed by atoms with Crippen molar-refractivity contribution in [3.63, 3.8) is 0 Å². The molecule has 1 aromatic carbocycles. The zero-order valence-electron chi connectivity index (χ0n) is 14.3. The largest absolute Gasteiger partial charge is 0.497 e. The summed E-state index contributed by atoms with van der Waals surface area (Å²) in [5.74, 6) is 1.80. The van der Waals surface area contributed by atoms with Gasteiger partial charge in [-0.05, 0) is 24.7 Å². The van der Waals surface area contributed by atoms with Crippen molar-refractivity contribution < 1.29 is 14.3 Å². The summed E-state index contributed by atoms with van der Waals surface area (Å²) in [6.45, 7) is 4.91. The zero-order chi connectivity index (χ0) is 16.7. The van der Waals surface area contributed by atoms with Crippen molar-refractivity contribution in [3.05, 3.63) is 23.8 Å². The minimum absolute atomic E-state index is 0.238.